The Labute approximate surface area is 254 Å². The summed E-state index contributed by atoms with van der Waals surface area (Å²) in [7, 11) is 0. The van der Waals surface area contributed by atoms with Gasteiger partial charge in [-0.15, -0.1) is 0 Å². The molecule has 3 aromatic heterocycles. The molecule has 0 spiro atoms. The molecule has 6 rings (SSSR count). The lowest BCUT2D eigenvalue weighted by Gasteiger charge is -2.39. The van der Waals surface area contributed by atoms with Crippen molar-refractivity contribution in [3.63, 3.8) is 0 Å². The van der Waals surface area contributed by atoms with E-state index in [9.17, 15) is 14.7 Å². The van der Waals surface area contributed by atoms with Crippen LogP contribution in [0.4, 0.5) is 20.8 Å². The zero-order valence-electron chi connectivity index (χ0n) is 24.6. The number of fused-ring (bicyclic) bond motifs is 1. The van der Waals surface area contributed by atoms with Gasteiger partial charge in [0.05, 0.1) is 23.3 Å². The number of anilines is 2. The molecule has 3 saturated heterocycles. The van der Waals surface area contributed by atoms with Gasteiger partial charge in [-0.05, 0) is 43.7 Å². The van der Waals surface area contributed by atoms with Crippen LogP contribution in [0.2, 0.25) is 0 Å². The number of carbonyl (C=O) groups excluding carboxylic acids is 1. The molecule has 2 N–H and O–H groups in total. The molecule has 0 saturated carbocycles. The van der Waals surface area contributed by atoms with Crippen molar-refractivity contribution < 1.29 is 19.1 Å². The van der Waals surface area contributed by atoms with Crippen LogP contribution in [0.25, 0.3) is 16.9 Å². The second-order valence-electron chi connectivity index (χ2n) is 11.8. The van der Waals surface area contributed by atoms with Crippen molar-refractivity contribution >= 4 is 29.2 Å². The second kappa shape index (κ2) is 13.0. The summed E-state index contributed by atoms with van der Waals surface area (Å²) in [6.07, 6.45) is 5.68. The first-order chi connectivity index (χ1) is 21.4. The van der Waals surface area contributed by atoms with Crippen molar-refractivity contribution in [2.45, 2.75) is 38.1 Å². The third-order valence-corrected chi connectivity index (χ3v) is 8.92. The maximum atomic E-state index is 16.3. The lowest BCUT2D eigenvalue weighted by molar-refractivity contribution is -0.131. The highest BCUT2D eigenvalue weighted by Gasteiger charge is 2.30. The Hall–Kier alpha value is -4.51. The molecule has 0 unspecified atom stereocenters. The van der Waals surface area contributed by atoms with E-state index in [0.29, 0.717) is 56.6 Å². The highest BCUT2D eigenvalue weighted by Crippen LogP contribution is 2.31. The second-order valence-corrected chi connectivity index (χ2v) is 11.8. The van der Waals surface area contributed by atoms with E-state index in [1.807, 2.05) is 35.4 Å². The van der Waals surface area contributed by atoms with E-state index in [0.717, 1.165) is 50.8 Å². The molecule has 3 fully saturated rings. The summed E-state index contributed by atoms with van der Waals surface area (Å²) in [4.78, 5) is 40.5. The zero-order chi connectivity index (χ0) is 30.6. The Morgan fingerprint density at radius 1 is 1.05 bits per heavy atom. The van der Waals surface area contributed by atoms with Gasteiger partial charge in [-0.2, -0.15) is 14.8 Å². The number of amides is 2. The number of hydrogen-bond acceptors (Lipinski definition) is 9. The standard InChI is InChI=1S/C30H37FN10O3/c31-26-28(34-22-4-3-10-40(20-22)25(42)6-9-32)35-27(23-18-33-41-11-2-1-5-24(23)41)36-29(26)38-16-14-37(15-17-38)19-21-7-12-39(13-8-21)30(43)44/h1-2,5,11,18,21-22H,3-4,6-8,10,12-17,19-20H2,(H,43,44)(H,34,35,36)/t22-/m1/s1. The van der Waals surface area contributed by atoms with E-state index in [2.05, 4.69) is 20.3 Å². The van der Waals surface area contributed by atoms with Crippen molar-refractivity contribution in [3.8, 4) is 17.5 Å². The molecular formula is C30H37FN10O3. The molecule has 232 valence electrons. The van der Waals surface area contributed by atoms with Gasteiger partial charge in [-0.25, -0.2) is 19.3 Å². The van der Waals surface area contributed by atoms with Gasteiger partial charge in [0.15, 0.2) is 17.5 Å². The Morgan fingerprint density at radius 3 is 2.59 bits per heavy atom. The van der Waals surface area contributed by atoms with Gasteiger partial charge in [0.2, 0.25) is 11.7 Å². The predicted molar refractivity (Wildman–Crippen MR) is 161 cm³/mol. The van der Waals surface area contributed by atoms with Crippen molar-refractivity contribution in [2.75, 3.05) is 69.1 Å². The van der Waals surface area contributed by atoms with Crippen LogP contribution in [0.3, 0.4) is 0 Å². The molecular weight excluding hydrogens is 567 g/mol. The summed E-state index contributed by atoms with van der Waals surface area (Å²) in [6, 6.07) is 7.41. The quantitative estimate of drug-likeness (QED) is 0.413. The minimum atomic E-state index is -0.852. The van der Waals surface area contributed by atoms with Gasteiger partial charge < -0.3 is 25.1 Å². The fraction of sp³-hybridized carbons (Fsp3) is 0.533. The zero-order valence-corrected chi connectivity index (χ0v) is 24.6. The van der Waals surface area contributed by atoms with Gasteiger partial charge in [0.1, 0.15) is 6.42 Å². The lowest BCUT2D eigenvalue weighted by atomic mass is 9.96. The molecule has 14 heteroatoms. The fourth-order valence-electron chi connectivity index (χ4n) is 6.48. The number of hydrogen-bond donors (Lipinski definition) is 2. The van der Waals surface area contributed by atoms with Gasteiger partial charge in [-0.1, -0.05) is 6.07 Å². The Balaban J connectivity index is 1.21. The minimum absolute atomic E-state index is 0.0903. The molecule has 3 aliphatic rings. The topological polar surface area (TPSA) is 146 Å². The van der Waals surface area contributed by atoms with Crippen molar-refractivity contribution in [3.05, 3.63) is 36.4 Å². The van der Waals surface area contributed by atoms with Crippen molar-refractivity contribution in [2.24, 2.45) is 5.92 Å². The highest BCUT2D eigenvalue weighted by atomic mass is 19.1. The number of nitrogens with zero attached hydrogens (tertiary/aromatic N) is 9. The molecule has 3 aliphatic heterocycles. The largest absolute Gasteiger partial charge is 0.465 e. The van der Waals surface area contributed by atoms with Gasteiger partial charge >= 0.3 is 6.09 Å². The third-order valence-electron chi connectivity index (χ3n) is 8.92. The average molecular weight is 605 g/mol. The summed E-state index contributed by atoms with van der Waals surface area (Å²) in [6.45, 7) is 5.66. The molecule has 1 atom stereocenters. The Bertz CT molecular complexity index is 1540. The molecule has 0 aromatic carbocycles. The van der Waals surface area contributed by atoms with E-state index in [1.165, 1.54) is 4.90 Å². The number of carboxylic acid groups (broad SMARTS) is 1. The Kier molecular flexibility index (Phi) is 8.74. The highest BCUT2D eigenvalue weighted by molar-refractivity contribution is 5.79. The fourth-order valence-corrected chi connectivity index (χ4v) is 6.48. The van der Waals surface area contributed by atoms with Gasteiger partial charge in [-0.3, -0.25) is 9.69 Å². The monoisotopic (exact) mass is 604 g/mol. The number of carbonyl (C=O) groups is 2. The number of piperazine rings is 1. The molecule has 6 heterocycles. The van der Waals surface area contributed by atoms with Gasteiger partial charge in [0, 0.05) is 71.1 Å². The summed E-state index contributed by atoms with van der Waals surface area (Å²) in [5.74, 6) is 0.385. The van der Waals surface area contributed by atoms with Crippen molar-refractivity contribution in [1.29, 1.82) is 5.26 Å². The molecule has 0 bridgehead atoms. The van der Waals surface area contributed by atoms with E-state index < -0.39 is 11.9 Å². The molecule has 13 nitrogen and oxygen atoms in total. The number of aromatic nitrogens is 4. The van der Waals surface area contributed by atoms with E-state index >= 15 is 4.39 Å². The molecule has 44 heavy (non-hydrogen) atoms. The first-order valence-corrected chi connectivity index (χ1v) is 15.3. The van der Waals surface area contributed by atoms with E-state index in [4.69, 9.17) is 10.2 Å². The van der Waals surface area contributed by atoms with Gasteiger partial charge in [0.25, 0.3) is 0 Å². The smallest absolute Gasteiger partial charge is 0.407 e. The predicted octanol–water partition coefficient (Wildman–Crippen LogP) is 2.76. The van der Waals surface area contributed by atoms with E-state index in [1.54, 1.807) is 15.6 Å². The first-order valence-electron chi connectivity index (χ1n) is 15.3. The molecule has 3 aromatic rings. The number of nitrogens with one attached hydrogen (secondary N) is 1. The number of nitriles is 1. The lowest BCUT2D eigenvalue weighted by Crippen LogP contribution is -2.49. The van der Waals surface area contributed by atoms with Crippen LogP contribution in [0.15, 0.2) is 30.6 Å². The SMILES string of the molecule is N#CCC(=O)N1CCC[C@@H](Nc2nc(-c3cnn4ccccc34)nc(N3CCN(CC4CCN(C(=O)O)CC4)CC3)c2F)C1. The van der Waals surface area contributed by atoms with Crippen LogP contribution < -0.4 is 10.2 Å². The molecule has 0 radical (unpaired) electrons. The number of pyridine rings is 1. The Morgan fingerprint density at radius 2 is 1.84 bits per heavy atom. The van der Waals surface area contributed by atoms with Crippen LogP contribution in [0.5, 0.6) is 0 Å². The normalized spacial score (nSPS) is 20.1. The molecule has 2 amide bonds. The number of piperidine rings is 2. The number of likely N-dealkylation sites (tertiary alicyclic amines) is 2. The van der Waals surface area contributed by atoms with E-state index in [-0.39, 0.29) is 30.0 Å². The van der Waals surface area contributed by atoms with Crippen LogP contribution in [0.1, 0.15) is 32.1 Å². The summed E-state index contributed by atoms with van der Waals surface area (Å²) in [5.41, 5.74) is 1.50. The summed E-state index contributed by atoms with van der Waals surface area (Å²) >= 11 is 0. The summed E-state index contributed by atoms with van der Waals surface area (Å²) in [5, 5.41) is 25.9. The molecule has 0 aliphatic carbocycles. The summed E-state index contributed by atoms with van der Waals surface area (Å²) < 4.78 is 18.0. The minimum Gasteiger partial charge on any atom is -0.465 e. The third kappa shape index (κ3) is 6.37. The van der Waals surface area contributed by atoms with Crippen LogP contribution in [0, 0.1) is 23.1 Å². The first kappa shape index (κ1) is 29.6. The maximum absolute atomic E-state index is 16.3. The van der Waals surface area contributed by atoms with Crippen LogP contribution in [-0.4, -0.2) is 116 Å². The number of rotatable bonds is 7. The van der Waals surface area contributed by atoms with Crippen molar-refractivity contribution in [1.82, 2.24) is 34.3 Å². The maximum Gasteiger partial charge on any atom is 0.407 e. The number of halogens is 1. The van der Waals surface area contributed by atoms with Crippen LogP contribution >= 0.6 is 0 Å². The average Bonchev–Trinajstić information content (AvgIpc) is 3.47. The van der Waals surface area contributed by atoms with Crippen LogP contribution in [-0.2, 0) is 4.79 Å².